The van der Waals surface area contributed by atoms with Crippen LogP contribution in [0.25, 0.3) is 0 Å². The summed E-state index contributed by atoms with van der Waals surface area (Å²) in [6.45, 7) is 7.63. The molecule has 0 bridgehead atoms. The average Bonchev–Trinajstić information content (AvgIpc) is 2.74. The maximum absolute atomic E-state index is 11.5. The van der Waals surface area contributed by atoms with Crippen LogP contribution in [0.1, 0.15) is 33.5 Å². The van der Waals surface area contributed by atoms with Gasteiger partial charge in [-0.1, -0.05) is 0 Å². The third-order valence-electron chi connectivity index (χ3n) is 2.21. The summed E-state index contributed by atoms with van der Waals surface area (Å²) in [7, 11) is 0. The lowest BCUT2D eigenvalue weighted by Gasteiger charge is -2.19. The third-order valence-corrected chi connectivity index (χ3v) is 2.21. The SMILES string of the molecule is CCOC(=O)Cn1nnnc1CCNC(=O)OC(C)(C)C. The van der Waals surface area contributed by atoms with Crippen molar-refractivity contribution in [3.05, 3.63) is 5.82 Å². The van der Waals surface area contributed by atoms with E-state index in [1.807, 2.05) is 0 Å². The number of alkyl carbamates (subject to hydrolysis) is 1. The minimum absolute atomic E-state index is 0.0530. The molecule has 0 saturated heterocycles. The Morgan fingerprint density at radius 2 is 2.05 bits per heavy atom. The smallest absolute Gasteiger partial charge is 0.407 e. The number of carbonyl (C=O) groups is 2. The van der Waals surface area contributed by atoms with Gasteiger partial charge in [0.25, 0.3) is 0 Å². The van der Waals surface area contributed by atoms with Crippen LogP contribution in [-0.2, 0) is 27.2 Å². The summed E-state index contributed by atoms with van der Waals surface area (Å²) in [5.41, 5.74) is -0.546. The first kappa shape index (κ1) is 16.9. The highest BCUT2D eigenvalue weighted by Gasteiger charge is 2.16. The molecule has 0 aromatic carbocycles. The van der Waals surface area contributed by atoms with Crippen LogP contribution in [0.5, 0.6) is 0 Å². The van der Waals surface area contributed by atoms with Crippen molar-refractivity contribution in [1.29, 1.82) is 0 Å². The van der Waals surface area contributed by atoms with Crippen molar-refractivity contribution in [2.45, 2.75) is 46.3 Å². The molecule has 9 nitrogen and oxygen atoms in total. The largest absolute Gasteiger partial charge is 0.465 e. The van der Waals surface area contributed by atoms with E-state index in [0.717, 1.165) is 0 Å². The summed E-state index contributed by atoms with van der Waals surface area (Å²) < 4.78 is 11.3. The fourth-order valence-corrected chi connectivity index (χ4v) is 1.44. The zero-order valence-corrected chi connectivity index (χ0v) is 12.8. The van der Waals surface area contributed by atoms with Crippen LogP contribution in [0, 0.1) is 0 Å². The van der Waals surface area contributed by atoms with Gasteiger partial charge in [-0.05, 0) is 38.1 Å². The van der Waals surface area contributed by atoms with E-state index in [1.54, 1.807) is 27.7 Å². The van der Waals surface area contributed by atoms with Gasteiger partial charge in [-0.25, -0.2) is 9.48 Å². The highest BCUT2D eigenvalue weighted by molar-refractivity contribution is 5.69. The standard InChI is InChI=1S/C12H21N5O4/c1-5-20-10(18)8-17-9(14-15-16-17)6-7-13-11(19)21-12(2,3)4/h5-8H2,1-4H3,(H,13,19). The average molecular weight is 299 g/mol. The molecule has 9 heteroatoms. The van der Waals surface area contributed by atoms with Crippen molar-refractivity contribution in [2.75, 3.05) is 13.2 Å². The Hall–Kier alpha value is -2.19. The van der Waals surface area contributed by atoms with Gasteiger partial charge < -0.3 is 14.8 Å². The lowest BCUT2D eigenvalue weighted by molar-refractivity contribution is -0.144. The second-order valence-corrected chi connectivity index (χ2v) is 5.24. The number of aromatic nitrogens is 4. The number of ether oxygens (including phenoxy) is 2. The molecule has 0 aliphatic heterocycles. The lowest BCUT2D eigenvalue weighted by Crippen LogP contribution is -2.34. The Bertz CT molecular complexity index is 480. The summed E-state index contributed by atoms with van der Waals surface area (Å²) in [6, 6.07) is 0. The lowest BCUT2D eigenvalue weighted by atomic mass is 10.2. The number of nitrogens with zero attached hydrogens (tertiary/aromatic N) is 4. The fourth-order valence-electron chi connectivity index (χ4n) is 1.44. The molecule has 1 amide bonds. The quantitative estimate of drug-likeness (QED) is 0.753. The zero-order chi connectivity index (χ0) is 15.9. The van der Waals surface area contributed by atoms with Crippen molar-refractivity contribution in [3.63, 3.8) is 0 Å². The highest BCUT2D eigenvalue weighted by Crippen LogP contribution is 2.06. The molecule has 0 spiro atoms. The second kappa shape index (κ2) is 7.55. The van der Waals surface area contributed by atoms with E-state index >= 15 is 0 Å². The first-order valence-electron chi connectivity index (χ1n) is 6.69. The number of amides is 1. The minimum atomic E-state index is -0.546. The second-order valence-electron chi connectivity index (χ2n) is 5.24. The monoisotopic (exact) mass is 299 g/mol. The Balaban J connectivity index is 2.41. The van der Waals surface area contributed by atoms with Gasteiger partial charge in [0.2, 0.25) is 0 Å². The molecule has 0 saturated carbocycles. The van der Waals surface area contributed by atoms with Gasteiger partial charge in [0.05, 0.1) is 6.61 Å². The maximum Gasteiger partial charge on any atom is 0.407 e. The molecule has 1 aromatic heterocycles. The van der Waals surface area contributed by atoms with Crippen LogP contribution in [0.2, 0.25) is 0 Å². The summed E-state index contributed by atoms with van der Waals surface area (Å²) in [5.74, 6) is 0.0743. The van der Waals surface area contributed by atoms with Crippen LogP contribution in [-0.4, -0.2) is 51.0 Å². The number of tetrazole rings is 1. The predicted octanol–water partition coefficient (Wildman–Crippen LogP) is 0.303. The maximum atomic E-state index is 11.5. The molecule has 0 atom stereocenters. The molecule has 21 heavy (non-hydrogen) atoms. The zero-order valence-electron chi connectivity index (χ0n) is 12.8. The van der Waals surface area contributed by atoms with Gasteiger partial charge in [0, 0.05) is 13.0 Å². The number of nitrogens with one attached hydrogen (secondary N) is 1. The van der Waals surface area contributed by atoms with Crippen molar-refractivity contribution in [2.24, 2.45) is 0 Å². The fraction of sp³-hybridized carbons (Fsp3) is 0.750. The molecule has 0 radical (unpaired) electrons. The van der Waals surface area contributed by atoms with Crippen molar-refractivity contribution < 1.29 is 19.1 Å². The number of carbonyl (C=O) groups excluding carboxylic acids is 2. The summed E-state index contributed by atoms with van der Waals surface area (Å²) >= 11 is 0. The first-order valence-corrected chi connectivity index (χ1v) is 6.69. The molecule has 0 fully saturated rings. The Morgan fingerprint density at radius 1 is 1.33 bits per heavy atom. The molecule has 118 valence electrons. The Labute approximate surface area is 123 Å². The van der Waals surface area contributed by atoms with E-state index in [4.69, 9.17) is 9.47 Å². The number of hydrogen-bond acceptors (Lipinski definition) is 7. The molecular formula is C12H21N5O4. The van der Waals surface area contributed by atoms with Crippen LogP contribution >= 0.6 is 0 Å². The molecule has 1 heterocycles. The topological polar surface area (TPSA) is 108 Å². The van der Waals surface area contributed by atoms with E-state index in [-0.39, 0.29) is 6.54 Å². The predicted molar refractivity (Wildman–Crippen MR) is 72.4 cm³/mol. The molecule has 1 rings (SSSR count). The van der Waals surface area contributed by atoms with E-state index in [0.29, 0.717) is 25.4 Å². The van der Waals surface area contributed by atoms with E-state index in [2.05, 4.69) is 20.8 Å². The number of esters is 1. The van der Waals surface area contributed by atoms with Gasteiger partial charge in [-0.15, -0.1) is 5.10 Å². The van der Waals surface area contributed by atoms with Gasteiger partial charge in [-0.3, -0.25) is 4.79 Å². The molecule has 0 aliphatic rings. The van der Waals surface area contributed by atoms with Gasteiger partial charge in [0.15, 0.2) is 5.82 Å². The summed E-state index contributed by atoms with van der Waals surface area (Å²) in [5, 5.41) is 13.6. The highest BCUT2D eigenvalue weighted by atomic mass is 16.6. The first-order chi connectivity index (χ1) is 9.81. The van der Waals surface area contributed by atoms with Crippen molar-refractivity contribution >= 4 is 12.1 Å². The van der Waals surface area contributed by atoms with Crippen LogP contribution < -0.4 is 5.32 Å². The molecule has 0 unspecified atom stereocenters. The number of rotatable bonds is 6. The normalized spacial score (nSPS) is 11.0. The summed E-state index contributed by atoms with van der Waals surface area (Å²) in [6.07, 6.45) is -0.127. The molecule has 0 aliphatic carbocycles. The molecule has 1 aromatic rings. The summed E-state index contributed by atoms with van der Waals surface area (Å²) in [4.78, 5) is 22.8. The van der Waals surface area contributed by atoms with Crippen LogP contribution in [0.4, 0.5) is 4.79 Å². The molecule has 1 N–H and O–H groups in total. The van der Waals surface area contributed by atoms with E-state index in [1.165, 1.54) is 4.68 Å². The van der Waals surface area contributed by atoms with E-state index in [9.17, 15) is 9.59 Å². The molecular weight excluding hydrogens is 278 g/mol. The van der Waals surface area contributed by atoms with Gasteiger partial charge in [-0.2, -0.15) is 0 Å². The van der Waals surface area contributed by atoms with Crippen LogP contribution in [0.3, 0.4) is 0 Å². The number of hydrogen-bond donors (Lipinski definition) is 1. The Morgan fingerprint density at radius 3 is 2.67 bits per heavy atom. The third kappa shape index (κ3) is 6.68. The van der Waals surface area contributed by atoms with Gasteiger partial charge in [0.1, 0.15) is 12.1 Å². The Kier molecular flexibility index (Phi) is 6.07. The van der Waals surface area contributed by atoms with Crippen molar-refractivity contribution in [1.82, 2.24) is 25.5 Å². The van der Waals surface area contributed by atoms with Crippen molar-refractivity contribution in [3.8, 4) is 0 Å². The van der Waals surface area contributed by atoms with E-state index < -0.39 is 17.7 Å². The van der Waals surface area contributed by atoms with Gasteiger partial charge >= 0.3 is 12.1 Å². The van der Waals surface area contributed by atoms with Crippen LogP contribution in [0.15, 0.2) is 0 Å². The minimum Gasteiger partial charge on any atom is -0.465 e.